The Balaban J connectivity index is 2.05. The van der Waals surface area contributed by atoms with Crippen LogP contribution < -0.4 is 0 Å². The van der Waals surface area contributed by atoms with Crippen LogP contribution in [0.2, 0.25) is 0 Å². The highest BCUT2D eigenvalue weighted by atomic mass is 19.1. The predicted octanol–water partition coefficient (Wildman–Crippen LogP) is 2.69. The normalized spacial score (nSPS) is 16.8. The van der Waals surface area contributed by atoms with Gasteiger partial charge in [-0.3, -0.25) is 4.79 Å². The Labute approximate surface area is 128 Å². The molecule has 0 aliphatic carbocycles. The van der Waals surface area contributed by atoms with Crippen LogP contribution in [0.4, 0.5) is 9.18 Å². The number of rotatable bonds is 3. The van der Waals surface area contributed by atoms with E-state index in [2.05, 4.69) is 0 Å². The average molecular weight is 309 g/mol. The molecule has 0 saturated carbocycles. The number of carbonyl (C=O) groups excluding carboxylic acids is 1. The lowest BCUT2D eigenvalue weighted by Crippen LogP contribution is -2.63. The number of likely N-dealkylation sites (tertiary alicyclic amines) is 1. The Morgan fingerprint density at radius 2 is 2.00 bits per heavy atom. The minimum atomic E-state index is -1.08. The first kappa shape index (κ1) is 16.3. The van der Waals surface area contributed by atoms with Crippen molar-refractivity contribution in [3.63, 3.8) is 0 Å². The van der Waals surface area contributed by atoms with E-state index in [4.69, 9.17) is 4.74 Å². The summed E-state index contributed by atoms with van der Waals surface area (Å²) in [5, 5.41) is 9.47. The van der Waals surface area contributed by atoms with Gasteiger partial charge in [0.25, 0.3) is 0 Å². The SMILES string of the molecule is CC(C)(C)OC(=O)N1CC(Cc2cccc(F)c2)(C(=O)O)C1. The lowest BCUT2D eigenvalue weighted by atomic mass is 9.75. The first-order valence-corrected chi connectivity index (χ1v) is 7.07. The molecule has 1 fully saturated rings. The molecule has 22 heavy (non-hydrogen) atoms. The van der Waals surface area contributed by atoms with Crippen molar-refractivity contribution in [2.75, 3.05) is 13.1 Å². The number of hydrogen-bond donors (Lipinski definition) is 1. The van der Waals surface area contributed by atoms with Crippen LogP contribution in [0.25, 0.3) is 0 Å². The molecule has 0 atom stereocenters. The fourth-order valence-electron chi connectivity index (χ4n) is 2.50. The number of halogens is 1. The fourth-order valence-corrected chi connectivity index (χ4v) is 2.50. The Bertz CT molecular complexity index is 588. The highest BCUT2D eigenvalue weighted by Gasteiger charge is 2.52. The number of aliphatic carboxylic acids is 1. The van der Waals surface area contributed by atoms with Crippen LogP contribution in [0.15, 0.2) is 24.3 Å². The van der Waals surface area contributed by atoms with Crippen molar-refractivity contribution in [3.05, 3.63) is 35.6 Å². The van der Waals surface area contributed by atoms with Crippen molar-refractivity contribution < 1.29 is 23.8 Å². The van der Waals surface area contributed by atoms with E-state index >= 15 is 0 Å². The van der Waals surface area contributed by atoms with Gasteiger partial charge in [0.15, 0.2) is 0 Å². The van der Waals surface area contributed by atoms with Crippen LogP contribution in [-0.2, 0) is 16.0 Å². The van der Waals surface area contributed by atoms with Crippen LogP contribution in [0.1, 0.15) is 26.3 Å². The van der Waals surface area contributed by atoms with Crippen LogP contribution in [-0.4, -0.2) is 40.8 Å². The van der Waals surface area contributed by atoms with E-state index in [-0.39, 0.29) is 19.5 Å². The van der Waals surface area contributed by atoms with Gasteiger partial charge in [-0.2, -0.15) is 0 Å². The number of carboxylic acid groups (broad SMARTS) is 1. The van der Waals surface area contributed by atoms with Crippen LogP contribution in [0.5, 0.6) is 0 Å². The van der Waals surface area contributed by atoms with Gasteiger partial charge in [-0.1, -0.05) is 12.1 Å². The molecule has 0 aromatic heterocycles. The molecule has 1 heterocycles. The van der Waals surface area contributed by atoms with Crippen molar-refractivity contribution in [2.24, 2.45) is 5.41 Å². The summed E-state index contributed by atoms with van der Waals surface area (Å²) in [6.07, 6.45) is -0.344. The minimum absolute atomic E-state index is 0.0633. The number of hydrogen-bond acceptors (Lipinski definition) is 3. The zero-order valence-corrected chi connectivity index (χ0v) is 12.9. The molecular weight excluding hydrogens is 289 g/mol. The minimum Gasteiger partial charge on any atom is -0.481 e. The molecule has 1 N–H and O–H groups in total. The van der Waals surface area contributed by atoms with Crippen LogP contribution >= 0.6 is 0 Å². The number of carbonyl (C=O) groups is 2. The molecule has 0 bridgehead atoms. The van der Waals surface area contributed by atoms with E-state index in [9.17, 15) is 19.1 Å². The fraction of sp³-hybridized carbons (Fsp3) is 0.500. The average Bonchev–Trinajstić information content (AvgIpc) is 2.30. The van der Waals surface area contributed by atoms with E-state index < -0.39 is 28.9 Å². The summed E-state index contributed by atoms with van der Waals surface area (Å²) in [4.78, 5) is 24.8. The molecule has 1 saturated heterocycles. The van der Waals surface area contributed by atoms with Crippen molar-refractivity contribution in [1.29, 1.82) is 0 Å². The maximum atomic E-state index is 13.2. The Morgan fingerprint density at radius 3 is 2.50 bits per heavy atom. The van der Waals surface area contributed by atoms with Gasteiger partial charge in [-0.15, -0.1) is 0 Å². The predicted molar refractivity (Wildman–Crippen MR) is 78.0 cm³/mol. The second kappa shape index (κ2) is 5.59. The lowest BCUT2D eigenvalue weighted by molar-refractivity contribution is -0.159. The van der Waals surface area contributed by atoms with Crippen molar-refractivity contribution in [2.45, 2.75) is 32.8 Å². The number of benzene rings is 1. The molecule has 120 valence electrons. The van der Waals surface area contributed by atoms with Gasteiger partial charge >= 0.3 is 12.1 Å². The number of amides is 1. The summed E-state index contributed by atoms with van der Waals surface area (Å²) in [6.45, 7) is 5.38. The second-order valence-electron chi connectivity index (χ2n) is 6.73. The molecule has 0 radical (unpaired) electrons. The summed E-state index contributed by atoms with van der Waals surface area (Å²) in [5.74, 6) is -1.39. The van der Waals surface area contributed by atoms with Gasteiger partial charge in [0.1, 0.15) is 16.8 Å². The van der Waals surface area contributed by atoms with Crippen LogP contribution in [0.3, 0.4) is 0 Å². The lowest BCUT2D eigenvalue weighted by Gasteiger charge is -2.47. The summed E-state index contributed by atoms with van der Waals surface area (Å²) in [6, 6.07) is 5.86. The largest absolute Gasteiger partial charge is 0.481 e. The third-order valence-corrected chi connectivity index (χ3v) is 3.52. The highest BCUT2D eigenvalue weighted by Crippen LogP contribution is 2.35. The molecular formula is C16H20FNO4. The molecule has 6 heteroatoms. The third kappa shape index (κ3) is 3.55. The van der Waals surface area contributed by atoms with Gasteiger partial charge < -0.3 is 14.7 Å². The molecule has 1 aromatic rings. The Kier molecular flexibility index (Phi) is 4.13. The first-order valence-electron chi connectivity index (χ1n) is 7.07. The zero-order valence-electron chi connectivity index (χ0n) is 12.9. The molecule has 1 aliphatic rings. The molecule has 1 aromatic carbocycles. The first-order chi connectivity index (χ1) is 10.1. The summed E-state index contributed by atoms with van der Waals surface area (Å²) in [7, 11) is 0. The standard InChI is InChI=1S/C16H20FNO4/c1-15(2,3)22-14(21)18-9-16(10-18,13(19)20)8-11-5-4-6-12(17)7-11/h4-7H,8-10H2,1-3H3,(H,19,20). The third-order valence-electron chi connectivity index (χ3n) is 3.52. The quantitative estimate of drug-likeness (QED) is 0.932. The van der Waals surface area contributed by atoms with Crippen molar-refractivity contribution >= 4 is 12.1 Å². The smallest absolute Gasteiger partial charge is 0.410 e. The number of carboxylic acids is 1. The zero-order chi connectivity index (χ0) is 16.5. The van der Waals surface area contributed by atoms with E-state index in [0.29, 0.717) is 5.56 Å². The van der Waals surface area contributed by atoms with Gasteiger partial charge in [-0.05, 0) is 44.9 Å². The monoisotopic (exact) mass is 309 g/mol. The molecule has 0 unspecified atom stereocenters. The van der Waals surface area contributed by atoms with Gasteiger partial charge in [0, 0.05) is 13.1 Å². The van der Waals surface area contributed by atoms with Crippen LogP contribution in [0, 0.1) is 11.2 Å². The van der Waals surface area contributed by atoms with E-state index in [0.717, 1.165) is 0 Å². The highest BCUT2D eigenvalue weighted by molar-refractivity contribution is 5.81. The van der Waals surface area contributed by atoms with Gasteiger partial charge in [-0.25, -0.2) is 9.18 Å². The summed E-state index contributed by atoms with van der Waals surface area (Å²) in [5.41, 5.74) is -1.10. The molecule has 1 amide bonds. The van der Waals surface area contributed by atoms with E-state index in [1.165, 1.54) is 17.0 Å². The maximum absolute atomic E-state index is 13.2. The number of ether oxygens (including phenoxy) is 1. The Morgan fingerprint density at radius 1 is 1.36 bits per heavy atom. The van der Waals surface area contributed by atoms with Gasteiger partial charge in [0.05, 0.1) is 0 Å². The van der Waals surface area contributed by atoms with E-state index in [1.54, 1.807) is 32.9 Å². The summed E-state index contributed by atoms with van der Waals surface area (Å²) >= 11 is 0. The van der Waals surface area contributed by atoms with Crippen molar-refractivity contribution in [1.82, 2.24) is 4.90 Å². The topological polar surface area (TPSA) is 66.8 Å². The molecule has 5 nitrogen and oxygen atoms in total. The molecule has 0 spiro atoms. The van der Waals surface area contributed by atoms with E-state index in [1.807, 2.05) is 0 Å². The van der Waals surface area contributed by atoms with Crippen molar-refractivity contribution in [3.8, 4) is 0 Å². The molecule has 1 aliphatic heterocycles. The second-order valence-corrected chi connectivity index (χ2v) is 6.73. The number of nitrogens with zero attached hydrogens (tertiary/aromatic N) is 1. The Hall–Kier alpha value is -2.11. The summed E-state index contributed by atoms with van der Waals surface area (Å²) < 4.78 is 18.4. The van der Waals surface area contributed by atoms with Gasteiger partial charge in [0.2, 0.25) is 0 Å². The maximum Gasteiger partial charge on any atom is 0.410 e. The molecule has 2 rings (SSSR count).